The highest BCUT2D eigenvalue weighted by molar-refractivity contribution is 6.27. The Morgan fingerprint density at radius 3 is 2.30 bits per heavy atom. The third-order valence-electron chi connectivity index (χ3n) is 2.74. The van der Waals surface area contributed by atoms with Crippen LogP contribution in [0.4, 0.5) is 10.1 Å². The molecule has 1 aromatic rings. The van der Waals surface area contributed by atoms with Gasteiger partial charge in [-0.15, -0.1) is 0 Å². The van der Waals surface area contributed by atoms with Crippen molar-refractivity contribution in [2.75, 3.05) is 19.5 Å². The van der Waals surface area contributed by atoms with Crippen molar-refractivity contribution in [1.82, 2.24) is 0 Å². The van der Waals surface area contributed by atoms with Gasteiger partial charge in [-0.05, 0) is 18.2 Å². The molecule has 1 aliphatic heterocycles. The molecule has 0 aliphatic carbocycles. The van der Waals surface area contributed by atoms with Gasteiger partial charge >= 0.3 is 11.9 Å². The van der Waals surface area contributed by atoms with Crippen molar-refractivity contribution in [3.8, 4) is 0 Å². The molecule has 0 radical (unpaired) electrons. The van der Waals surface area contributed by atoms with Crippen LogP contribution in [0.1, 0.15) is 10.4 Å². The van der Waals surface area contributed by atoms with E-state index in [1.54, 1.807) is 0 Å². The molecule has 0 fully saturated rings. The second-order valence-electron chi connectivity index (χ2n) is 3.88. The van der Waals surface area contributed by atoms with Gasteiger partial charge in [-0.1, -0.05) is 0 Å². The third kappa shape index (κ3) is 2.13. The lowest BCUT2D eigenvalue weighted by atomic mass is 10.1. The van der Waals surface area contributed by atoms with Crippen molar-refractivity contribution >= 4 is 23.4 Å². The highest BCUT2D eigenvalue weighted by Gasteiger charge is 2.34. The van der Waals surface area contributed by atoms with Gasteiger partial charge in [0.15, 0.2) is 5.57 Å². The molecular weight excluding hydrogens is 269 g/mol. The molecule has 20 heavy (non-hydrogen) atoms. The molecule has 1 aliphatic rings. The number of allylic oxidation sites excluding steroid dienone is 1. The van der Waals surface area contributed by atoms with E-state index in [1.165, 1.54) is 6.07 Å². The Labute approximate surface area is 113 Å². The van der Waals surface area contributed by atoms with E-state index in [1.807, 2.05) is 0 Å². The summed E-state index contributed by atoms with van der Waals surface area (Å²) in [5.74, 6) is -3.30. The number of halogens is 1. The maximum Gasteiger partial charge on any atom is 0.347 e. The van der Waals surface area contributed by atoms with Crippen LogP contribution in [0.5, 0.6) is 0 Å². The summed E-state index contributed by atoms with van der Waals surface area (Å²) in [5, 5.41) is 2.60. The Bertz CT molecular complexity index is 632. The smallest absolute Gasteiger partial charge is 0.347 e. The van der Waals surface area contributed by atoms with Crippen LogP contribution in [0.2, 0.25) is 0 Å². The van der Waals surface area contributed by atoms with Gasteiger partial charge < -0.3 is 14.8 Å². The molecule has 0 saturated carbocycles. The first kappa shape index (κ1) is 13.7. The average Bonchev–Trinajstić information content (AvgIpc) is 2.76. The number of fused-ring (bicyclic) bond motifs is 1. The molecule has 0 aromatic heterocycles. The number of benzene rings is 1. The molecule has 104 valence electrons. The van der Waals surface area contributed by atoms with Crippen molar-refractivity contribution in [3.05, 3.63) is 40.8 Å². The van der Waals surface area contributed by atoms with Gasteiger partial charge in [0.25, 0.3) is 0 Å². The molecule has 0 atom stereocenters. The minimum absolute atomic E-state index is 0.0327. The summed E-state index contributed by atoms with van der Waals surface area (Å²) in [7, 11) is 2.14. The Kier molecular flexibility index (Phi) is 3.51. The van der Waals surface area contributed by atoms with E-state index < -0.39 is 29.1 Å². The van der Waals surface area contributed by atoms with E-state index in [9.17, 15) is 18.8 Å². The van der Waals surface area contributed by atoms with Gasteiger partial charge in [0.1, 0.15) is 11.5 Å². The maximum atomic E-state index is 13.1. The summed E-state index contributed by atoms with van der Waals surface area (Å²) in [5.41, 5.74) is -0.511. The average molecular weight is 279 g/mol. The van der Waals surface area contributed by atoms with Crippen molar-refractivity contribution in [2.24, 2.45) is 0 Å². The van der Waals surface area contributed by atoms with Gasteiger partial charge in [0, 0.05) is 0 Å². The van der Waals surface area contributed by atoms with Crippen LogP contribution in [0, 0.1) is 5.82 Å². The summed E-state index contributed by atoms with van der Waals surface area (Å²) < 4.78 is 22.0. The van der Waals surface area contributed by atoms with Crippen LogP contribution in [0.3, 0.4) is 0 Å². The largest absolute Gasteiger partial charge is 0.465 e. The van der Waals surface area contributed by atoms with Crippen molar-refractivity contribution in [1.29, 1.82) is 0 Å². The Morgan fingerprint density at radius 2 is 1.75 bits per heavy atom. The molecule has 1 N–H and O–H groups in total. The molecule has 0 unspecified atom stereocenters. The van der Waals surface area contributed by atoms with Gasteiger partial charge in [0.05, 0.1) is 25.5 Å². The van der Waals surface area contributed by atoms with E-state index in [0.717, 1.165) is 26.4 Å². The fourth-order valence-electron chi connectivity index (χ4n) is 1.81. The standard InChI is InChI=1S/C13H10FNO5/c1-19-12(17)9(13(18)20-2)10-11(16)7-5-6(14)3-4-8(7)15-10/h3-5,15H,1-2H3. The summed E-state index contributed by atoms with van der Waals surface area (Å²) in [4.78, 5) is 35.4. The second-order valence-corrected chi connectivity index (χ2v) is 3.88. The van der Waals surface area contributed by atoms with E-state index in [0.29, 0.717) is 5.69 Å². The molecule has 1 aromatic carbocycles. The SMILES string of the molecule is COC(=O)C(C(=O)OC)=C1Nc2ccc(F)cc2C1=O. The lowest BCUT2D eigenvalue weighted by molar-refractivity contribution is -0.144. The van der Waals surface area contributed by atoms with E-state index in [2.05, 4.69) is 14.8 Å². The number of carbonyl (C=O) groups is 3. The number of hydrogen-bond acceptors (Lipinski definition) is 6. The first-order valence-corrected chi connectivity index (χ1v) is 5.51. The molecule has 2 rings (SSSR count). The Hall–Kier alpha value is -2.70. The summed E-state index contributed by atoms with van der Waals surface area (Å²) in [6.07, 6.45) is 0. The normalized spacial score (nSPS) is 12.6. The lowest BCUT2D eigenvalue weighted by Gasteiger charge is -2.06. The fraction of sp³-hybridized carbons (Fsp3) is 0.154. The number of ketones is 1. The topological polar surface area (TPSA) is 81.7 Å². The minimum atomic E-state index is -1.01. The molecule has 0 amide bonds. The zero-order valence-electron chi connectivity index (χ0n) is 10.7. The number of Topliss-reactive ketones (excluding diaryl/α,β-unsaturated/α-hetero) is 1. The van der Waals surface area contributed by atoms with E-state index >= 15 is 0 Å². The van der Waals surface area contributed by atoms with Crippen LogP contribution in [0.15, 0.2) is 29.5 Å². The highest BCUT2D eigenvalue weighted by atomic mass is 19.1. The summed E-state index contributed by atoms with van der Waals surface area (Å²) in [6, 6.07) is 3.50. The van der Waals surface area contributed by atoms with Crippen LogP contribution in [0.25, 0.3) is 0 Å². The van der Waals surface area contributed by atoms with Crippen molar-refractivity contribution < 1.29 is 28.2 Å². The molecule has 7 heteroatoms. The lowest BCUT2D eigenvalue weighted by Crippen LogP contribution is -2.22. The van der Waals surface area contributed by atoms with E-state index in [4.69, 9.17) is 0 Å². The maximum absolute atomic E-state index is 13.1. The number of carbonyl (C=O) groups excluding carboxylic acids is 3. The fourth-order valence-corrected chi connectivity index (χ4v) is 1.81. The number of methoxy groups -OCH3 is 2. The molecular formula is C13H10FNO5. The van der Waals surface area contributed by atoms with Gasteiger partial charge in [-0.2, -0.15) is 0 Å². The minimum Gasteiger partial charge on any atom is -0.465 e. The monoisotopic (exact) mass is 279 g/mol. The number of rotatable bonds is 2. The van der Waals surface area contributed by atoms with Gasteiger partial charge in [-0.3, -0.25) is 4.79 Å². The second kappa shape index (κ2) is 5.12. The van der Waals surface area contributed by atoms with Gasteiger partial charge in [-0.25, -0.2) is 14.0 Å². The number of ether oxygens (including phenoxy) is 2. The molecule has 1 heterocycles. The molecule has 0 spiro atoms. The number of hydrogen-bond donors (Lipinski definition) is 1. The molecule has 0 saturated heterocycles. The first-order chi connectivity index (χ1) is 9.49. The summed E-state index contributed by atoms with van der Waals surface area (Å²) >= 11 is 0. The highest BCUT2D eigenvalue weighted by Crippen LogP contribution is 2.30. The Morgan fingerprint density at radius 1 is 1.15 bits per heavy atom. The quantitative estimate of drug-likeness (QED) is 0.377. The van der Waals surface area contributed by atoms with Gasteiger partial charge in [0.2, 0.25) is 5.78 Å². The number of nitrogens with one attached hydrogen (secondary N) is 1. The molecule has 0 bridgehead atoms. The third-order valence-corrected chi connectivity index (χ3v) is 2.74. The summed E-state index contributed by atoms with van der Waals surface area (Å²) in [6.45, 7) is 0. The number of esters is 2. The van der Waals surface area contributed by atoms with Crippen LogP contribution < -0.4 is 5.32 Å². The van der Waals surface area contributed by atoms with Crippen molar-refractivity contribution in [3.63, 3.8) is 0 Å². The predicted octanol–water partition coefficient (Wildman–Crippen LogP) is 1.03. The zero-order chi connectivity index (χ0) is 14.9. The van der Waals surface area contributed by atoms with Crippen LogP contribution >= 0.6 is 0 Å². The zero-order valence-corrected chi connectivity index (χ0v) is 10.7. The predicted molar refractivity (Wildman–Crippen MR) is 65.4 cm³/mol. The van der Waals surface area contributed by atoms with Crippen LogP contribution in [-0.2, 0) is 19.1 Å². The van der Waals surface area contributed by atoms with Crippen LogP contribution in [-0.4, -0.2) is 31.9 Å². The van der Waals surface area contributed by atoms with Crippen molar-refractivity contribution in [2.45, 2.75) is 0 Å². The Balaban J connectivity index is 2.57. The number of anilines is 1. The first-order valence-electron chi connectivity index (χ1n) is 5.51. The van der Waals surface area contributed by atoms with E-state index in [-0.39, 0.29) is 11.3 Å². The molecule has 6 nitrogen and oxygen atoms in total.